The molecule has 0 saturated carbocycles. The van der Waals surface area contributed by atoms with Crippen LogP contribution in [0.15, 0.2) is 0 Å². The zero-order valence-corrected chi connectivity index (χ0v) is 12.7. The van der Waals surface area contributed by atoms with Crippen molar-refractivity contribution in [2.75, 3.05) is 58.6 Å². The second-order valence-electron chi connectivity index (χ2n) is 5.10. The van der Waals surface area contributed by atoms with Crippen LogP contribution < -0.4 is 5.73 Å². The molecule has 19 heavy (non-hydrogen) atoms. The van der Waals surface area contributed by atoms with E-state index in [-0.39, 0.29) is 11.5 Å². The first kappa shape index (κ1) is 16.8. The number of methoxy groups -OCH3 is 2. The molecule has 0 aliphatic carbocycles. The number of ether oxygens (including phenoxy) is 2. The van der Waals surface area contributed by atoms with Crippen molar-refractivity contribution in [1.82, 2.24) is 4.90 Å². The van der Waals surface area contributed by atoms with E-state index >= 15 is 0 Å². The van der Waals surface area contributed by atoms with Crippen molar-refractivity contribution >= 4 is 9.84 Å². The van der Waals surface area contributed by atoms with E-state index in [4.69, 9.17) is 15.2 Å². The van der Waals surface area contributed by atoms with Gasteiger partial charge in [-0.05, 0) is 12.8 Å². The van der Waals surface area contributed by atoms with Crippen molar-refractivity contribution < 1.29 is 17.9 Å². The highest BCUT2D eigenvalue weighted by Gasteiger charge is 2.45. The largest absolute Gasteiger partial charge is 0.385 e. The summed E-state index contributed by atoms with van der Waals surface area (Å²) in [5.74, 6) is 0.394. The van der Waals surface area contributed by atoms with E-state index in [0.29, 0.717) is 32.7 Å². The SMILES string of the molecule is COCCCN(CCOC)C1(CN)CCS(=O)(=O)C1. The van der Waals surface area contributed by atoms with Gasteiger partial charge < -0.3 is 15.2 Å². The third-order valence-electron chi connectivity index (χ3n) is 3.76. The number of rotatable bonds is 9. The zero-order chi connectivity index (χ0) is 14.4. The van der Waals surface area contributed by atoms with Gasteiger partial charge in [0.15, 0.2) is 9.84 Å². The Morgan fingerprint density at radius 3 is 2.37 bits per heavy atom. The lowest BCUT2D eigenvalue weighted by atomic mass is 9.96. The Morgan fingerprint density at radius 2 is 1.89 bits per heavy atom. The molecule has 0 amide bonds. The summed E-state index contributed by atoms with van der Waals surface area (Å²) in [6.07, 6.45) is 1.48. The maximum Gasteiger partial charge on any atom is 0.152 e. The first-order valence-electron chi connectivity index (χ1n) is 6.63. The van der Waals surface area contributed by atoms with Gasteiger partial charge >= 0.3 is 0 Å². The fourth-order valence-electron chi connectivity index (χ4n) is 2.63. The number of nitrogens with two attached hydrogens (primary N) is 1. The fourth-order valence-corrected chi connectivity index (χ4v) is 4.72. The Bertz CT molecular complexity index is 361. The number of nitrogens with zero attached hydrogens (tertiary/aromatic N) is 1. The van der Waals surface area contributed by atoms with E-state index in [1.54, 1.807) is 14.2 Å². The normalized spacial score (nSPS) is 26.1. The maximum atomic E-state index is 11.8. The Labute approximate surface area is 116 Å². The average molecular weight is 294 g/mol. The van der Waals surface area contributed by atoms with Crippen LogP contribution in [-0.4, -0.2) is 77.4 Å². The van der Waals surface area contributed by atoms with Crippen molar-refractivity contribution in [3.63, 3.8) is 0 Å². The topological polar surface area (TPSA) is 81.9 Å². The third-order valence-corrected chi connectivity index (χ3v) is 5.56. The Kier molecular flexibility index (Phi) is 6.68. The van der Waals surface area contributed by atoms with Crippen LogP contribution in [0.1, 0.15) is 12.8 Å². The molecule has 1 aliphatic heterocycles. The van der Waals surface area contributed by atoms with Crippen molar-refractivity contribution in [3.8, 4) is 0 Å². The van der Waals surface area contributed by atoms with Gasteiger partial charge in [0, 0.05) is 46.0 Å². The van der Waals surface area contributed by atoms with Crippen LogP contribution >= 0.6 is 0 Å². The molecule has 114 valence electrons. The van der Waals surface area contributed by atoms with Crippen LogP contribution in [-0.2, 0) is 19.3 Å². The third kappa shape index (κ3) is 4.68. The second kappa shape index (κ2) is 7.54. The fraction of sp³-hybridized carbons (Fsp3) is 1.00. The molecule has 0 aromatic heterocycles. The summed E-state index contributed by atoms with van der Waals surface area (Å²) in [6.45, 7) is 3.09. The number of hydrogen-bond donors (Lipinski definition) is 1. The van der Waals surface area contributed by atoms with E-state index in [1.807, 2.05) is 0 Å². The van der Waals surface area contributed by atoms with Crippen LogP contribution in [0, 0.1) is 0 Å². The molecule has 1 heterocycles. The Hall–Kier alpha value is -0.210. The summed E-state index contributed by atoms with van der Waals surface area (Å²) < 4.78 is 33.7. The molecule has 1 saturated heterocycles. The van der Waals surface area contributed by atoms with Crippen LogP contribution in [0.5, 0.6) is 0 Å². The lowest BCUT2D eigenvalue weighted by Gasteiger charge is -2.39. The van der Waals surface area contributed by atoms with Gasteiger partial charge in [-0.3, -0.25) is 4.90 Å². The molecule has 6 nitrogen and oxygen atoms in total. The molecule has 7 heteroatoms. The van der Waals surface area contributed by atoms with Gasteiger partial charge in [-0.1, -0.05) is 0 Å². The summed E-state index contributed by atoms with van der Waals surface area (Å²) in [5, 5.41) is 0. The summed E-state index contributed by atoms with van der Waals surface area (Å²) >= 11 is 0. The van der Waals surface area contributed by atoms with Crippen molar-refractivity contribution in [2.24, 2.45) is 5.73 Å². The minimum atomic E-state index is -2.96. The van der Waals surface area contributed by atoms with E-state index in [1.165, 1.54) is 0 Å². The van der Waals surface area contributed by atoms with Crippen LogP contribution in [0.3, 0.4) is 0 Å². The number of sulfone groups is 1. The highest BCUT2D eigenvalue weighted by atomic mass is 32.2. The first-order valence-corrected chi connectivity index (χ1v) is 8.45. The van der Waals surface area contributed by atoms with Gasteiger partial charge in [-0.2, -0.15) is 0 Å². The molecule has 1 aliphatic rings. The molecule has 1 atom stereocenters. The first-order chi connectivity index (χ1) is 8.99. The Morgan fingerprint density at radius 1 is 1.21 bits per heavy atom. The predicted octanol–water partition coefficient (Wildman–Crippen LogP) is -0.513. The summed E-state index contributed by atoms with van der Waals surface area (Å²) in [7, 11) is 0.351. The lowest BCUT2D eigenvalue weighted by molar-refractivity contribution is 0.0652. The van der Waals surface area contributed by atoms with Crippen molar-refractivity contribution in [2.45, 2.75) is 18.4 Å². The predicted molar refractivity (Wildman–Crippen MR) is 75.0 cm³/mol. The lowest BCUT2D eigenvalue weighted by Crippen LogP contribution is -2.56. The van der Waals surface area contributed by atoms with Gasteiger partial charge in [-0.15, -0.1) is 0 Å². The highest BCUT2D eigenvalue weighted by molar-refractivity contribution is 7.91. The van der Waals surface area contributed by atoms with Crippen molar-refractivity contribution in [1.29, 1.82) is 0 Å². The molecule has 0 radical (unpaired) electrons. The monoisotopic (exact) mass is 294 g/mol. The van der Waals surface area contributed by atoms with E-state index in [2.05, 4.69) is 4.90 Å². The van der Waals surface area contributed by atoms with Gasteiger partial charge in [-0.25, -0.2) is 8.42 Å². The van der Waals surface area contributed by atoms with E-state index in [9.17, 15) is 8.42 Å². The maximum absolute atomic E-state index is 11.8. The number of hydrogen-bond acceptors (Lipinski definition) is 6. The zero-order valence-electron chi connectivity index (χ0n) is 11.9. The molecule has 1 unspecified atom stereocenters. The molecule has 0 aromatic carbocycles. The second-order valence-corrected chi connectivity index (χ2v) is 7.28. The summed E-state index contributed by atoms with van der Waals surface area (Å²) in [5.41, 5.74) is 5.46. The highest BCUT2D eigenvalue weighted by Crippen LogP contribution is 2.29. The van der Waals surface area contributed by atoms with Crippen molar-refractivity contribution in [3.05, 3.63) is 0 Å². The van der Waals surface area contributed by atoms with E-state index < -0.39 is 15.4 Å². The quantitative estimate of drug-likeness (QED) is 0.577. The molecule has 1 rings (SSSR count). The summed E-state index contributed by atoms with van der Waals surface area (Å²) in [6, 6.07) is 0. The van der Waals surface area contributed by atoms with Gasteiger partial charge in [0.25, 0.3) is 0 Å². The molecular weight excluding hydrogens is 268 g/mol. The minimum absolute atomic E-state index is 0.160. The summed E-state index contributed by atoms with van der Waals surface area (Å²) in [4.78, 5) is 2.17. The minimum Gasteiger partial charge on any atom is -0.385 e. The van der Waals surface area contributed by atoms with E-state index in [0.717, 1.165) is 13.0 Å². The van der Waals surface area contributed by atoms with Crippen LogP contribution in [0.25, 0.3) is 0 Å². The molecule has 0 bridgehead atoms. The molecular formula is C12H26N2O4S. The molecule has 1 fully saturated rings. The standard InChI is InChI=1S/C12H26N2O4S/c1-17-7-3-5-14(6-8-18-2)12(10-13)4-9-19(15,16)11-12/h3-11,13H2,1-2H3. The van der Waals surface area contributed by atoms with Gasteiger partial charge in [0.05, 0.1) is 18.1 Å². The smallest absolute Gasteiger partial charge is 0.152 e. The molecule has 2 N–H and O–H groups in total. The molecule has 0 aromatic rings. The van der Waals surface area contributed by atoms with Gasteiger partial charge in [0.1, 0.15) is 0 Å². The van der Waals surface area contributed by atoms with Crippen LogP contribution in [0.4, 0.5) is 0 Å². The average Bonchev–Trinajstić information content (AvgIpc) is 2.70. The van der Waals surface area contributed by atoms with Crippen LogP contribution in [0.2, 0.25) is 0 Å². The van der Waals surface area contributed by atoms with Gasteiger partial charge in [0.2, 0.25) is 0 Å². The molecule has 0 spiro atoms. The Balaban J connectivity index is 2.74.